The molecule has 0 radical (unpaired) electrons. The quantitative estimate of drug-likeness (QED) is 0.288. The minimum Gasteiger partial charge on any atom is -0.383 e. The number of imidazole rings is 1. The highest BCUT2D eigenvalue weighted by atomic mass is 15.5. The fourth-order valence-electron chi connectivity index (χ4n) is 5.40. The smallest absolute Gasteiger partial charge is 0.167 e. The largest absolute Gasteiger partial charge is 0.383 e. The molecule has 1 aliphatic carbocycles. The highest BCUT2D eigenvalue weighted by Gasteiger charge is 2.26. The molecule has 214 valence electrons. The predicted octanol–water partition coefficient (Wildman–Crippen LogP) is 4.70. The lowest BCUT2D eigenvalue weighted by Gasteiger charge is -2.31. The van der Waals surface area contributed by atoms with E-state index >= 15 is 0 Å². The van der Waals surface area contributed by atoms with Gasteiger partial charge in [0.1, 0.15) is 11.3 Å². The van der Waals surface area contributed by atoms with Crippen molar-refractivity contribution in [1.82, 2.24) is 45.1 Å². The van der Waals surface area contributed by atoms with Crippen LogP contribution in [0, 0.1) is 0 Å². The monoisotopic (exact) mass is 552 g/mol. The van der Waals surface area contributed by atoms with Gasteiger partial charge >= 0.3 is 0 Å². The molecule has 5 aromatic rings. The van der Waals surface area contributed by atoms with E-state index in [-0.39, 0.29) is 0 Å². The number of hydrazine groups is 1. The molecular formula is C31H40N10. The van der Waals surface area contributed by atoms with Crippen LogP contribution in [-0.4, -0.2) is 60.5 Å². The summed E-state index contributed by atoms with van der Waals surface area (Å²) in [7, 11) is 0. The van der Waals surface area contributed by atoms with Crippen LogP contribution in [0.1, 0.15) is 51.3 Å². The molecule has 1 atom stereocenters. The Kier molecular flexibility index (Phi) is 9.03. The van der Waals surface area contributed by atoms with Crippen LogP contribution in [0.25, 0.3) is 34.1 Å². The third kappa shape index (κ3) is 5.72. The first-order valence-electron chi connectivity index (χ1n) is 14.7. The summed E-state index contributed by atoms with van der Waals surface area (Å²) in [5.41, 5.74) is 16.1. The fraction of sp³-hybridized carbons (Fsp3) is 0.355. The average Bonchev–Trinajstić information content (AvgIpc) is 3.79. The van der Waals surface area contributed by atoms with Gasteiger partial charge in [0.05, 0.1) is 5.56 Å². The Morgan fingerprint density at radius 1 is 0.951 bits per heavy atom. The standard InChI is InChI=1S/C27H28N10.2C2H6/c28-25-21(3-1-10-30-25)26-32-23-8-9-24(36-14-2-11-31-36)33-27(23)37(26)19-5-6-20-18(17-19)4-7-22(20)34-35-15-12-29-13-16-35;2*1-2/h1-3,5-6,8-11,14,17,22,29,34H,4,7,12-13,15-16H2,(H2,28,30);2*1-2H3. The molecule has 4 aromatic heterocycles. The Morgan fingerprint density at radius 2 is 1.78 bits per heavy atom. The van der Waals surface area contributed by atoms with Crippen LogP contribution >= 0.6 is 0 Å². The van der Waals surface area contributed by atoms with Gasteiger partial charge in [0.25, 0.3) is 0 Å². The Bertz CT molecular complexity index is 1570. The van der Waals surface area contributed by atoms with Gasteiger partial charge in [-0.05, 0) is 66.4 Å². The van der Waals surface area contributed by atoms with E-state index in [4.69, 9.17) is 15.7 Å². The highest BCUT2D eigenvalue weighted by Crippen LogP contribution is 2.36. The predicted molar refractivity (Wildman–Crippen MR) is 165 cm³/mol. The normalized spacial score (nSPS) is 16.4. The molecular weight excluding hydrogens is 512 g/mol. The minimum atomic E-state index is 0.333. The Morgan fingerprint density at radius 3 is 2.54 bits per heavy atom. The maximum absolute atomic E-state index is 6.31. The topological polar surface area (TPSA) is 115 Å². The van der Waals surface area contributed by atoms with E-state index in [0.717, 1.165) is 73.1 Å². The van der Waals surface area contributed by atoms with E-state index in [1.165, 1.54) is 11.1 Å². The molecule has 4 N–H and O–H groups in total. The Hall–Kier alpha value is -4.12. The molecule has 5 heterocycles. The lowest BCUT2D eigenvalue weighted by Crippen LogP contribution is -2.50. The number of nitrogens with two attached hydrogens (primary N) is 1. The van der Waals surface area contributed by atoms with E-state index in [0.29, 0.717) is 11.9 Å². The van der Waals surface area contributed by atoms with E-state index < -0.39 is 0 Å². The summed E-state index contributed by atoms with van der Waals surface area (Å²) in [6, 6.07) is 16.6. The van der Waals surface area contributed by atoms with Gasteiger partial charge in [-0.2, -0.15) is 5.10 Å². The summed E-state index contributed by atoms with van der Waals surface area (Å²) in [6.07, 6.45) is 7.43. The molecule has 1 unspecified atom stereocenters. The van der Waals surface area contributed by atoms with Gasteiger partial charge in [0, 0.05) is 56.5 Å². The van der Waals surface area contributed by atoms with Crippen LogP contribution in [0.4, 0.5) is 5.82 Å². The minimum absolute atomic E-state index is 0.333. The lowest BCUT2D eigenvalue weighted by molar-refractivity contribution is 0.137. The number of hydrogen-bond acceptors (Lipinski definition) is 8. The van der Waals surface area contributed by atoms with Crippen LogP contribution in [0.15, 0.2) is 67.1 Å². The van der Waals surface area contributed by atoms with Crippen molar-refractivity contribution in [2.75, 3.05) is 31.9 Å². The van der Waals surface area contributed by atoms with Crippen LogP contribution in [0.3, 0.4) is 0 Å². The van der Waals surface area contributed by atoms with E-state index in [1.54, 1.807) is 17.1 Å². The summed E-state index contributed by atoms with van der Waals surface area (Å²) in [4.78, 5) is 14.2. The number of nitrogens with one attached hydrogen (secondary N) is 2. The van der Waals surface area contributed by atoms with Crippen molar-refractivity contribution in [3.05, 3.63) is 78.2 Å². The number of nitrogen functional groups attached to an aromatic ring is 1. The summed E-state index contributed by atoms with van der Waals surface area (Å²) in [5.74, 6) is 1.89. The van der Waals surface area contributed by atoms with Crippen LogP contribution in [0.2, 0.25) is 0 Å². The third-order valence-electron chi connectivity index (χ3n) is 7.23. The van der Waals surface area contributed by atoms with Crippen molar-refractivity contribution < 1.29 is 0 Å². The number of benzene rings is 1. The molecule has 1 aromatic carbocycles. The number of aromatic nitrogens is 6. The number of aryl methyl sites for hydroxylation is 1. The highest BCUT2D eigenvalue weighted by molar-refractivity contribution is 5.83. The van der Waals surface area contributed by atoms with Crippen LogP contribution in [-0.2, 0) is 6.42 Å². The lowest BCUT2D eigenvalue weighted by atomic mass is 10.1. The molecule has 0 spiro atoms. The van der Waals surface area contributed by atoms with E-state index in [2.05, 4.69) is 48.6 Å². The van der Waals surface area contributed by atoms with Crippen molar-refractivity contribution >= 4 is 17.0 Å². The van der Waals surface area contributed by atoms with Gasteiger partial charge in [-0.25, -0.2) is 30.1 Å². The first-order valence-corrected chi connectivity index (χ1v) is 14.7. The van der Waals surface area contributed by atoms with Gasteiger partial charge in [0.15, 0.2) is 17.3 Å². The number of pyridine rings is 2. The van der Waals surface area contributed by atoms with Crippen LogP contribution in [0.5, 0.6) is 0 Å². The van der Waals surface area contributed by atoms with Gasteiger partial charge < -0.3 is 11.1 Å². The molecule has 0 bridgehead atoms. The van der Waals surface area contributed by atoms with Crippen LogP contribution < -0.4 is 16.5 Å². The second-order valence-corrected chi connectivity index (χ2v) is 9.51. The van der Waals surface area contributed by atoms with Crippen molar-refractivity contribution in [2.24, 2.45) is 0 Å². The summed E-state index contributed by atoms with van der Waals surface area (Å²) in [6.45, 7) is 12.1. The molecule has 0 amide bonds. The Labute approximate surface area is 241 Å². The SMILES string of the molecule is CC.CC.Nc1ncccc1-c1nc2ccc(-n3cccn3)nc2n1-c1ccc2c(c1)CCC2NN1CCNCC1. The summed E-state index contributed by atoms with van der Waals surface area (Å²) in [5, 5.41) is 10.1. The third-order valence-corrected chi connectivity index (χ3v) is 7.23. The zero-order chi connectivity index (χ0) is 28.8. The van der Waals surface area contributed by atoms with Crippen molar-refractivity contribution in [3.63, 3.8) is 0 Å². The number of piperazine rings is 1. The van der Waals surface area contributed by atoms with Crippen molar-refractivity contribution in [1.29, 1.82) is 0 Å². The van der Waals surface area contributed by atoms with Gasteiger partial charge in [0.2, 0.25) is 0 Å². The average molecular weight is 553 g/mol. The second kappa shape index (κ2) is 13.0. The van der Waals surface area contributed by atoms with Crippen molar-refractivity contribution in [2.45, 2.75) is 46.6 Å². The van der Waals surface area contributed by atoms with Gasteiger partial charge in [-0.15, -0.1) is 0 Å². The molecule has 10 nitrogen and oxygen atoms in total. The fourth-order valence-corrected chi connectivity index (χ4v) is 5.40. The maximum Gasteiger partial charge on any atom is 0.167 e. The molecule has 0 saturated carbocycles. The Balaban J connectivity index is 0.000000810. The second-order valence-electron chi connectivity index (χ2n) is 9.51. The maximum atomic E-state index is 6.31. The molecule has 10 heteroatoms. The summed E-state index contributed by atoms with van der Waals surface area (Å²) >= 11 is 0. The first kappa shape index (κ1) is 28.4. The van der Waals surface area contributed by atoms with E-state index in [9.17, 15) is 0 Å². The first-order chi connectivity index (χ1) is 20.2. The zero-order valence-electron chi connectivity index (χ0n) is 24.4. The molecule has 1 fully saturated rings. The molecule has 41 heavy (non-hydrogen) atoms. The number of nitrogens with zero attached hydrogens (tertiary/aromatic N) is 7. The molecule has 7 rings (SSSR count). The zero-order valence-corrected chi connectivity index (χ0v) is 24.4. The molecule has 1 aliphatic heterocycles. The van der Waals surface area contributed by atoms with Crippen molar-refractivity contribution in [3.8, 4) is 22.9 Å². The van der Waals surface area contributed by atoms with E-state index in [1.807, 2.05) is 64.2 Å². The summed E-state index contributed by atoms with van der Waals surface area (Å²) < 4.78 is 3.84. The number of rotatable bonds is 5. The van der Waals surface area contributed by atoms with Gasteiger partial charge in [-0.1, -0.05) is 33.8 Å². The van der Waals surface area contributed by atoms with Gasteiger partial charge in [-0.3, -0.25) is 4.57 Å². The number of hydrogen-bond donors (Lipinski definition) is 3. The molecule has 2 aliphatic rings. The molecule has 1 saturated heterocycles. The number of fused-ring (bicyclic) bond motifs is 2. The number of anilines is 1.